The first-order valence-electron chi connectivity index (χ1n) is 24.5. The van der Waals surface area contributed by atoms with E-state index in [4.69, 9.17) is 0 Å². The van der Waals surface area contributed by atoms with Gasteiger partial charge in [-0.3, -0.25) is 0 Å². The monoisotopic (exact) mass is 901 g/mol. The summed E-state index contributed by atoms with van der Waals surface area (Å²) in [5.41, 5.74) is 24.2. The number of hydrogen-bond donors (Lipinski definition) is 0. The number of allylic oxidation sites excluding steroid dienone is 11. The summed E-state index contributed by atoms with van der Waals surface area (Å²) in [6, 6.07) is 70.0. The van der Waals surface area contributed by atoms with Gasteiger partial charge in [0.15, 0.2) is 0 Å². The predicted molar refractivity (Wildman–Crippen MR) is 301 cm³/mol. The number of nitrogens with zero attached hydrogens (tertiary/aromatic N) is 1. The topological polar surface area (TPSA) is 3.24 Å². The first-order chi connectivity index (χ1) is 34.2. The van der Waals surface area contributed by atoms with E-state index in [1.54, 1.807) is 6.08 Å². The minimum atomic E-state index is -0.470. The molecule has 0 radical (unpaired) electrons. The maximum atomic E-state index is 4.62. The van der Waals surface area contributed by atoms with E-state index >= 15 is 0 Å². The van der Waals surface area contributed by atoms with Crippen molar-refractivity contribution in [3.63, 3.8) is 0 Å². The summed E-state index contributed by atoms with van der Waals surface area (Å²) in [4.78, 5) is 2.41. The van der Waals surface area contributed by atoms with Crippen LogP contribution in [0.5, 0.6) is 0 Å². The van der Waals surface area contributed by atoms with Gasteiger partial charge >= 0.3 is 0 Å². The molecule has 8 aromatic carbocycles. The van der Waals surface area contributed by atoms with Gasteiger partial charge in [-0.05, 0) is 151 Å². The first-order valence-corrected chi connectivity index (χ1v) is 24.5. The van der Waals surface area contributed by atoms with Crippen LogP contribution >= 0.6 is 0 Å². The molecule has 0 amide bonds. The van der Waals surface area contributed by atoms with Crippen molar-refractivity contribution < 1.29 is 0 Å². The van der Waals surface area contributed by atoms with Gasteiger partial charge in [0, 0.05) is 22.5 Å². The summed E-state index contributed by atoms with van der Waals surface area (Å²) in [7, 11) is 0. The molecule has 340 valence electrons. The van der Waals surface area contributed by atoms with Crippen molar-refractivity contribution in [1.82, 2.24) is 0 Å². The molecule has 1 nitrogen and oxygen atoms in total. The Bertz CT molecular complexity index is 3370. The molecule has 3 aliphatic carbocycles. The zero-order valence-electron chi connectivity index (χ0n) is 40.8. The van der Waals surface area contributed by atoms with Crippen LogP contribution in [-0.4, -0.2) is 0 Å². The highest BCUT2D eigenvalue weighted by atomic mass is 15.1. The summed E-state index contributed by atoms with van der Waals surface area (Å²) in [5.74, 6) is 0. The minimum Gasteiger partial charge on any atom is -0.310 e. The summed E-state index contributed by atoms with van der Waals surface area (Å²) >= 11 is 0. The predicted octanol–water partition coefficient (Wildman–Crippen LogP) is 18.4. The second kappa shape index (κ2) is 19.0. The number of hydrogen-bond acceptors (Lipinski definition) is 1. The third-order valence-corrected chi connectivity index (χ3v) is 14.5. The van der Waals surface area contributed by atoms with Crippen LogP contribution in [-0.2, 0) is 17.3 Å². The fourth-order valence-electron chi connectivity index (χ4n) is 11.3. The quantitative estimate of drug-likeness (QED) is 0.103. The maximum Gasteiger partial charge on any atom is 0.0713 e. The lowest BCUT2D eigenvalue weighted by atomic mass is 9.67. The Hall–Kier alpha value is -8.26. The second-order valence-corrected chi connectivity index (χ2v) is 18.9. The molecular weight excluding hydrogens is 843 g/mol. The normalized spacial score (nSPS) is 15.9. The van der Waals surface area contributed by atoms with Gasteiger partial charge in [0.1, 0.15) is 0 Å². The molecule has 0 saturated heterocycles. The van der Waals surface area contributed by atoms with Gasteiger partial charge < -0.3 is 4.90 Å². The van der Waals surface area contributed by atoms with Gasteiger partial charge in [0.25, 0.3) is 0 Å². The van der Waals surface area contributed by atoms with Gasteiger partial charge in [-0.2, -0.15) is 0 Å². The Morgan fingerprint density at radius 2 is 1.11 bits per heavy atom. The lowest BCUT2D eigenvalue weighted by molar-refractivity contribution is 0.660. The van der Waals surface area contributed by atoms with Crippen LogP contribution in [0.4, 0.5) is 17.1 Å². The van der Waals surface area contributed by atoms with E-state index in [1.165, 1.54) is 77.9 Å². The molecule has 0 spiro atoms. The molecule has 8 aromatic rings. The van der Waals surface area contributed by atoms with E-state index < -0.39 is 5.41 Å². The second-order valence-electron chi connectivity index (χ2n) is 18.9. The van der Waals surface area contributed by atoms with Gasteiger partial charge in [-0.15, -0.1) is 6.58 Å². The van der Waals surface area contributed by atoms with Gasteiger partial charge in [-0.1, -0.05) is 227 Å². The van der Waals surface area contributed by atoms with Crippen molar-refractivity contribution in [2.75, 3.05) is 4.90 Å². The van der Waals surface area contributed by atoms with Gasteiger partial charge in [0.2, 0.25) is 0 Å². The highest BCUT2D eigenvalue weighted by Gasteiger charge is 2.47. The van der Waals surface area contributed by atoms with E-state index in [9.17, 15) is 0 Å². The minimum absolute atomic E-state index is 0.123. The third-order valence-electron chi connectivity index (χ3n) is 14.5. The van der Waals surface area contributed by atoms with Crippen LogP contribution in [0.25, 0.3) is 39.0 Å². The lowest BCUT2D eigenvalue weighted by Crippen LogP contribution is -2.28. The largest absolute Gasteiger partial charge is 0.310 e. The standard InChI is InChI=1S/C66H53N.C3H6/c1-6-8-21-46(7-2)47-31-35-52(36-32-47)67(54-39-40-57-56-27-15-17-29-60(56)65(4,5)63(57)44-54)53-37-33-48(34-38-53)49-22-19-20-45(3)55-41-42-62-64(59(55)43-49)58-28-16-18-30-61(58)66(62,50-23-11-9-12-24-50)51-25-13-10-14-26-51;1-3-2/h6-42,44H,1,3,43H2,2,4-5H3;3H,1H2,2H3/b20-19-,21-8-,46-7+,49-22+;. The Kier molecular flexibility index (Phi) is 12.4. The summed E-state index contributed by atoms with van der Waals surface area (Å²) in [6.45, 7) is 20.5. The Balaban J connectivity index is 0.00000185. The zero-order valence-corrected chi connectivity index (χ0v) is 40.8. The Morgan fingerprint density at radius 3 is 1.76 bits per heavy atom. The molecule has 0 aliphatic heterocycles. The molecule has 0 atom stereocenters. The average Bonchev–Trinajstić information content (AvgIpc) is 3.82. The van der Waals surface area contributed by atoms with E-state index in [0.717, 1.165) is 40.2 Å². The van der Waals surface area contributed by atoms with E-state index in [2.05, 4.69) is 264 Å². The Morgan fingerprint density at radius 1 is 0.557 bits per heavy atom. The van der Waals surface area contributed by atoms with E-state index in [-0.39, 0.29) is 5.41 Å². The van der Waals surface area contributed by atoms with Crippen LogP contribution in [0.2, 0.25) is 0 Å². The van der Waals surface area contributed by atoms with Crippen molar-refractivity contribution in [2.24, 2.45) is 0 Å². The summed E-state index contributed by atoms with van der Waals surface area (Å²) in [5, 5.41) is 0. The molecule has 0 N–H and O–H groups in total. The average molecular weight is 902 g/mol. The molecule has 0 heterocycles. The Labute approximate surface area is 415 Å². The zero-order chi connectivity index (χ0) is 48.4. The summed E-state index contributed by atoms with van der Waals surface area (Å²) < 4.78 is 0. The first kappa shape index (κ1) is 45.5. The SMILES string of the molecule is C=C/C=C\C(=C/C)c1ccc(N(c2ccc(/C3=C/C=C\C(=C)c4ccc5c(c4C3)-c3ccccc3C5(c3ccccc3)c3ccccc3)cc2)c2ccc3c(c2)C(C)(C)c2ccccc2-3)cc1.C=CC. The van der Waals surface area contributed by atoms with Crippen molar-refractivity contribution >= 4 is 33.8 Å². The molecule has 0 saturated carbocycles. The van der Waals surface area contributed by atoms with Crippen molar-refractivity contribution in [3.8, 4) is 22.3 Å². The van der Waals surface area contributed by atoms with Gasteiger partial charge in [0.05, 0.1) is 5.41 Å². The van der Waals surface area contributed by atoms with Crippen LogP contribution in [0.15, 0.2) is 256 Å². The highest BCUT2D eigenvalue weighted by molar-refractivity contribution is 5.94. The lowest BCUT2D eigenvalue weighted by Gasteiger charge is -2.34. The third kappa shape index (κ3) is 7.69. The highest BCUT2D eigenvalue weighted by Crippen LogP contribution is 2.58. The summed E-state index contributed by atoms with van der Waals surface area (Å²) in [6.07, 6.45) is 17.2. The number of fused-ring (bicyclic) bond motifs is 8. The maximum absolute atomic E-state index is 4.62. The number of rotatable bonds is 9. The van der Waals surface area contributed by atoms with Crippen molar-refractivity contribution in [3.05, 3.63) is 312 Å². The molecule has 1 heteroatoms. The molecule has 0 aromatic heterocycles. The van der Waals surface area contributed by atoms with Crippen molar-refractivity contribution in [1.29, 1.82) is 0 Å². The van der Waals surface area contributed by atoms with Crippen LogP contribution in [0.1, 0.15) is 83.3 Å². The molecule has 11 rings (SSSR count). The van der Waals surface area contributed by atoms with Crippen LogP contribution in [0.3, 0.4) is 0 Å². The molecule has 0 bridgehead atoms. The fourth-order valence-corrected chi connectivity index (χ4v) is 11.3. The smallest absolute Gasteiger partial charge is 0.0713 e. The van der Waals surface area contributed by atoms with Crippen LogP contribution in [0, 0.1) is 0 Å². The van der Waals surface area contributed by atoms with Crippen molar-refractivity contribution in [2.45, 2.75) is 44.9 Å². The van der Waals surface area contributed by atoms with Gasteiger partial charge in [-0.25, -0.2) is 0 Å². The fraction of sp³-hybridized carbons (Fsp3) is 0.101. The number of anilines is 3. The van der Waals surface area contributed by atoms with E-state index in [1.807, 2.05) is 19.1 Å². The number of benzene rings is 8. The molecule has 0 unspecified atom stereocenters. The molecule has 3 aliphatic rings. The molecule has 70 heavy (non-hydrogen) atoms. The van der Waals surface area contributed by atoms with Crippen LogP contribution < -0.4 is 4.90 Å². The molecular formula is C69H59N. The van der Waals surface area contributed by atoms with E-state index in [0.29, 0.717) is 0 Å². The molecule has 0 fully saturated rings.